The number of amides is 2. The van der Waals surface area contributed by atoms with Crippen molar-refractivity contribution in [1.82, 2.24) is 5.32 Å². The highest BCUT2D eigenvalue weighted by Gasteiger charge is 2.23. The quantitative estimate of drug-likeness (QED) is 0.845. The fourth-order valence-electron chi connectivity index (χ4n) is 2.10. The van der Waals surface area contributed by atoms with Crippen LogP contribution in [-0.4, -0.2) is 24.5 Å². The number of ether oxygens (including phenoxy) is 1. The van der Waals surface area contributed by atoms with Crippen molar-refractivity contribution < 1.29 is 14.3 Å². The van der Waals surface area contributed by atoms with Gasteiger partial charge in [-0.2, -0.15) is 0 Å². The molecular formula is C18H17ClN2O3. The van der Waals surface area contributed by atoms with Crippen LogP contribution < -0.4 is 15.4 Å². The summed E-state index contributed by atoms with van der Waals surface area (Å²) in [5.74, 6) is 0.162. The fraction of sp³-hybridized carbons (Fsp3) is 0.222. The smallest absolute Gasteiger partial charge is 0.262 e. The highest BCUT2D eigenvalue weighted by molar-refractivity contribution is 6.30. The number of anilines is 1. The van der Waals surface area contributed by atoms with E-state index in [1.807, 2.05) is 0 Å². The van der Waals surface area contributed by atoms with Gasteiger partial charge in [-0.3, -0.25) is 9.59 Å². The van der Waals surface area contributed by atoms with Crippen molar-refractivity contribution in [3.05, 3.63) is 59.1 Å². The van der Waals surface area contributed by atoms with E-state index in [-0.39, 0.29) is 18.4 Å². The number of hydrogen-bond donors (Lipinski definition) is 2. The van der Waals surface area contributed by atoms with Gasteiger partial charge in [0.1, 0.15) is 5.75 Å². The van der Waals surface area contributed by atoms with Gasteiger partial charge in [0.25, 0.3) is 11.8 Å². The molecule has 0 saturated heterocycles. The zero-order valence-corrected chi connectivity index (χ0v) is 13.7. The lowest BCUT2D eigenvalue weighted by Gasteiger charge is -2.08. The minimum atomic E-state index is -0.287. The lowest BCUT2D eigenvalue weighted by atomic mass is 10.2. The number of halogens is 1. The maximum Gasteiger partial charge on any atom is 0.262 e. The number of nitrogens with one attached hydrogen (secondary N) is 2. The van der Waals surface area contributed by atoms with Crippen molar-refractivity contribution in [2.75, 3.05) is 11.9 Å². The molecule has 0 aromatic heterocycles. The standard InChI is InChI=1S/C18H17ClN2O3/c19-13-2-1-3-16(10-13)24-11-17(22)20-14-6-4-12(5-7-14)18(23)21-15-8-9-15/h1-7,10,15H,8-9,11H2,(H,20,22)(H,21,23). The minimum absolute atomic E-state index is 0.0836. The molecule has 0 atom stereocenters. The molecule has 124 valence electrons. The predicted octanol–water partition coefficient (Wildman–Crippen LogP) is 3.25. The van der Waals surface area contributed by atoms with E-state index in [1.54, 1.807) is 48.5 Å². The summed E-state index contributed by atoms with van der Waals surface area (Å²) in [6, 6.07) is 13.9. The normalized spacial score (nSPS) is 13.2. The van der Waals surface area contributed by atoms with Gasteiger partial charge in [-0.05, 0) is 55.3 Å². The summed E-state index contributed by atoms with van der Waals surface area (Å²) in [7, 11) is 0. The van der Waals surface area contributed by atoms with E-state index in [4.69, 9.17) is 16.3 Å². The lowest BCUT2D eigenvalue weighted by Crippen LogP contribution is -2.25. The first-order valence-electron chi connectivity index (χ1n) is 7.69. The van der Waals surface area contributed by atoms with Crippen LogP contribution in [0.25, 0.3) is 0 Å². The average Bonchev–Trinajstić information content (AvgIpc) is 3.38. The van der Waals surface area contributed by atoms with E-state index in [2.05, 4.69) is 10.6 Å². The Morgan fingerprint density at radius 2 is 1.88 bits per heavy atom. The monoisotopic (exact) mass is 344 g/mol. The van der Waals surface area contributed by atoms with Crippen molar-refractivity contribution in [1.29, 1.82) is 0 Å². The Balaban J connectivity index is 1.49. The van der Waals surface area contributed by atoms with Crippen LogP contribution in [0.4, 0.5) is 5.69 Å². The maximum atomic E-state index is 11.9. The molecule has 0 aliphatic heterocycles. The maximum absolute atomic E-state index is 11.9. The summed E-state index contributed by atoms with van der Waals surface area (Å²) < 4.78 is 5.37. The Hall–Kier alpha value is -2.53. The van der Waals surface area contributed by atoms with Gasteiger partial charge >= 0.3 is 0 Å². The molecule has 0 radical (unpaired) electrons. The third kappa shape index (κ3) is 4.73. The second kappa shape index (κ2) is 7.36. The van der Waals surface area contributed by atoms with Gasteiger partial charge in [0.05, 0.1) is 0 Å². The Labute approximate surface area is 145 Å². The van der Waals surface area contributed by atoms with Crippen LogP contribution in [0.1, 0.15) is 23.2 Å². The van der Waals surface area contributed by atoms with Crippen LogP contribution in [-0.2, 0) is 4.79 Å². The number of carbonyl (C=O) groups is 2. The van der Waals surface area contributed by atoms with Gasteiger partial charge in [0, 0.05) is 22.3 Å². The molecule has 1 aliphatic carbocycles. The highest BCUT2D eigenvalue weighted by atomic mass is 35.5. The van der Waals surface area contributed by atoms with Crippen LogP contribution in [0.3, 0.4) is 0 Å². The Bertz CT molecular complexity index is 742. The molecule has 24 heavy (non-hydrogen) atoms. The summed E-state index contributed by atoms with van der Waals surface area (Å²) in [5.41, 5.74) is 1.19. The second-order valence-electron chi connectivity index (χ2n) is 5.62. The number of benzene rings is 2. The molecule has 0 heterocycles. The van der Waals surface area contributed by atoms with Crippen molar-refractivity contribution >= 4 is 29.1 Å². The zero-order valence-electron chi connectivity index (χ0n) is 12.9. The van der Waals surface area contributed by atoms with E-state index in [9.17, 15) is 9.59 Å². The molecule has 2 aromatic carbocycles. The Kier molecular flexibility index (Phi) is 5.01. The third-order valence-electron chi connectivity index (χ3n) is 3.51. The predicted molar refractivity (Wildman–Crippen MR) is 92.5 cm³/mol. The largest absolute Gasteiger partial charge is 0.484 e. The molecule has 2 aromatic rings. The molecule has 1 fully saturated rings. The Morgan fingerprint density at radius 3 is 2.54 bits per heavy atom. The number of hydrogen-bond acceptors (Lipinski definition) is 3. The van der Waals surface area contributed by atoms with Crippen molar-refractivity contribution in [2.24, 2.45) is 0 Å². The summed E-state index contributed by atoms with van der Waals surface area (Å²) in [6.45, 7) is -0.121. The average molecular weight is 345 g/mol. The van der Waals surface area contributed by atoms with Gasteiger partial charge in [-0.15, -0.1) is 0 Å². The van der Waals surface area contributed by atoms with Gasteiger partial charge in [-0.25, -0.2) is 0 Å². The fourth-order valence-corrected chi connectivity index (χ4v) is 2.28. The van der Waals surface area contributed by atoms with Gasteiger partial charge in [0.15, 0.2) is 6.61 Å². The lowest BCUT2D eigenvalue weighted by molar-refractivity contribution is -0.118. The second-order valence-corrected chi connectivity index (χ2v) is 6.06. The third-order valence-corrected chi connectivity index (χ3v) is 3.74. The van der Waals surface area contributed by atoms with E-state index in [1.165, 1.54) is 0 Å². The summed E-state index contributed by atoms with van der Waals surface area (Å²) in [4.78, 5) is 23.8. The number of carbonyl (C=O) groups excluding carboxylic acids is 2. The van der Waals surface area contributed by atoms with E-state index >= 15 is 0 Å². The van der Waals surface area contributed by atoms with Crippen LogP contribution >= 0.6 is 11.6 Å². The van der Waals surface area contributed by atoms with E-state index < -0.39 is 0 Å². The SMILES string of the molecule is O=C(COc1cccc(Cl)c1)Nc1ccc(C(=O)NC2CC2)cc1. The van der Waals surface area contributed by atoms with Gasteiger partial charge in [-0.1, -0.05) is 17.7 Å². The van der Waals surface area contributed by atoms with Crippen LogP contribution in [0.2, 0.25) is 5.02 Å². The van der Waals surface area contributed by atoms with Gasteiger partial charge < -0.3 is 15.4 Å². The molecule has 0 unspecified atom stereocenters. The summed E-state index contributed by atoms with van der Waals surface area (Å²) in [5, 5.41) is 6.18. The van der Waals surface area contributed by atoms with Crippen LogP contribution in [0.15, 0.2) is 48.5 Å². The van der Waals surface area contributed by atoms with Crippen LogP contribution in [0, 0.1) is 0 Å². The van der Waals surface area contributed by atoms with E-state index in [0.717, 1.165) is 12.8 Å². The molecule has 2 amide bonds. The highest BCUT2D eigenvalue weighted by Crippen LogP contribution is 2.20. The van der Waals surface area contributed by atoms with Crippen molar-refractivity contribution in [3.63, 3.8) is 0 Å². The van der Waals surface area contributed by atoms with Crippen LogP contribution in [0.5, 0.6) is 5.75 Å². The van der Waals surface area contributed by atoms with Crippen molar-refractivity contribution in [3.8, 4) is 5.75 Å². The number of rotatable bonds is 6. The first-order chi connectivity index (χ1) is 11.6. The first-order valence-corrected chi connectivity index (χ1v) is 8.07. The topological polar surface area (TPSA) is 67.4 Å². The molecule has 5 nitrogen and oxygen atoms in total. The molecule has 3 rings (SSSR count). The molecule has 6 heteroatoms. The van der Waals surface area contributed by atoms with Crippen molar-refractivity contribution in [2.45, 2.75) is 18.9 Å². The molecule has 1 aliphatic rings. The molecule has 2 N–H and O–H groups in total. The summed E-state index contributed by atoms with van der Waals surface area (Å²) in [6.07, 6.45) is 2.10. The minimum Gasteiger partial charge on any atom is -0.484 e. The molecule has 0 spiro atoms. The first kappa shape index (κ1) is 16.3. The van der Waals surface area contributed by atoms with Gasteiger partial charge in [0.2, 0.25) is 0 Å². The molecule has 1 saturated carbocycles. The molecular weight excluding hydrogens is 328 g/mol. The summed E-state index contributed by atoms with van der Waals surface area (Å²) >= 11 is 5.85. The van der Waals surface area contributed by atoms with E-state index in [0.29, 0.717) is 28.1 Å². The molecule has 0 bridgehead atoms. The Morgan fingerprint density at radius 1 is 1.12 bits per heavy atom. The zero-order chi connectivity index (χ0) is 16.9.